The molecule has 5 nitrogen and oxygen atoms in total. The molecule has 32 heavy (non-hydrogen) atoms. The number of aliphatic hydroxyl groups is 1. The number of likely N-dealkylation sites (tertiary alicyclic amines) is 1. The van der Waals surface area contributed by atoms with Gasteiger partial charge in [0.15, 0.2) is 0 Å². The van der Waals surface area contributed by atoms with Gasteiger partial charge >= 0.3 is 0 Å². The van der Waals surface area contributed by atoms with E-state index >= 15 is 0 Å². The summed E-state index contributed by atoms with van der Waals surface area (Å²) >= 11 is 3.08. The summed E-state index contributed by atoms with van der Waals surface area (Å²) < 4.78 is 30.7. The van der Waals surface area contributed by atoms with Crippen molar-refractivity contribution in [1.82, 2.24) is 9.88 Å². The van der Waals surface area contributed by atoms with Gasteiger partial charge in [0.25, 0.3) is 5.91 Å². The molecule has 0 unspecified atom stereocenters. The Bertz CT molecular complexity index is 1070. The Morgan fingerprint density at radius 3 is 2.66 bits per heavy atom. The number of carbonyl (C=O) groups is 1. The van der Waals surface area contributed by atoms with Gasteiger partial charge in [0.05, 0.1) is 26.2 Å². The zero-order chi connectivity index (χ0) is 22.8. The molecule has 1 fully saturated rings. The molecule has 2 aromatic carbocycles. The zero-order valence-corrected chi connectivity index (χ0v) is 19.3. The summed E-state index contributed by atoms with van der Waals surface area (Å²) in [7, 11) is 0. The topological polar surface area (TPSA) is 65.5 Å². The molecule has 0 radical (unpaired) electrons. The Morgan fingerprint density at radius 1 is 1.25 bits per heavy atom. The lowest BCUT2D eigenvalue weighted by Gasteiger charge is -2.38. The summed E-state index contributed by atoms with van der Waals surface area (Å²) in [6.45, 7) is 1.59. The van der Waals surface area contributed by atoms with Crippen LogP contribution in [0.4, 0.5) is 14.5 Å². The number of carbonyl (C=O) groups excluding carboxylic acids is 1. The fourth-order valence-corrected chi connectivity index (χ4v) is 5.29. The second-order valence-electron chi connectivity index (χ2n) is 8.32. The van der Waals surface area contributed by atoms with E-state index in [4.69, 9.17) is 0 Å². The van der Waals surface area contributed by atoms with Crippen LogP contribution in [0.1, 0.15) is 43.0 Å². The van der Waals surface area contributed by atoms with E-state index in [1.807, 2.05) is 35.8 Å². The molecule has 9 heteroatoms. The van der Waals surface area contributed by atoms with Crippen LogP contribution in [-0.2, 0) is 0 Å². The summed E-state index contributed by atoms with van der Waals surface area (Å²) in [5.74, 6) is -2.90. The van der Waals surface area contributed by atoms with Crippen molar-refractivity contribution in [2.75, 3.05) is 17.8 Å². The van der Waals surface area contributed by atoms with Gasteiger partial charge in [0.2, 0.25) is 5.92 Å². The van der Waals surface area contributed by atoms with Crippen LogP contribution in [0, 0.1) is 0 Å². The van der Waals surface area contributed by atoms with Crippen molar-refractivity contribution in [1.29, 1.82) is 0 Å². The maximum Gasteiger partial charge on any atom is 0.253 e. The predicted octanol–water partition coefficient (Wildman–Crippen LogP) is 5.82. The molecule has 0 saturated carbocycles. The van der Waals surface area contributed by atoms with E-state index in [1.165, 1.54) is 11.9 Å². The van der Waals surface area contributed by atoms with Crippen LogP contribution < -0.4 is 4.72 Å². The van der Waals surface area contributed by atoms with Gasteiger partial charge in [-0.2, -0.15) is 0 Å². The minimum Gasteiger partial charge on any atom is -0.390 e. The van der Waals surface area contributed by atoms with Gasteiger partial charge in [0, 0.05) is 30.8 Å². The number of hydrogen-bond acceptors (Lipinski definition) is 6. The highest BCUT2D eigenvalue weighted by molar-refractivity contribution is 8.00. The molecular weight excluding hydrogens is 452 g/mol. The van der Waals surface area contributed by atoms with Crippen molar-refractivity contribution >= 4 is 45.1 Å². The molecule has 170 valence electrons. The highest BCUT2D eigenvalue weighted by atomic mass is 32.2. The van der Waals surface area contributed by atoms with Gasteiger partial charge in [-0.3, -0.25) is 4.79 Å². The number of benzene rings is 2. The molecule has 0 aliphatic carbocycles. The largest absolute Gasteiger partial charge is 0.390 e. The van der Waals surface area contributed by atoms with Gasteiger partial charge in [0.1, 0.15) is 0 Å². The fourth-order valence-electron chi connectivity index (χ4n) is 3.75. The van der Waals surface area contributed by atoms with E-state index < -0.39 is 11.5 Å². The SMILES string of the molecule is CC(F)(F)CCC1(O)CCN(C(=O)c2ccc(NSc3cccc4scnc34)cc2)CC1. The van der Waals surface area contributed by atoms with Crippen molar-refractivity contribution in [2.24, 2.45) is 0 Å². The highest BCUT2D eigenvalue weighted by Gasteiger charge is 2.36. The smallest absolute Gasteiger partial charge is 0.253 e. The number of thiazole rings is 1. The maximum absolute atomic E-state index is 13.1. The normalized spacial score (nSPS) is 16.3. The van der Waals surface area contributed by atoms with E-state index in [-0.39, 0.29) is 18.7 Å². The molecule has 0 bridgehead atoms. The van der Waals surface area contributed by atoms with Gasteiger partial charge in [-0.25, -0.2) is 13.8 Å². The number of fused-ring (bicyclic) bond motifs is 1. The zero-order valence-electron chi connectivity index (χ0n) is 17.7. The summed E-state index contributed by atoms with van der Waals surface area (Å²) in [4.78, 5) is 19.9. The fraction of sp³-hybridized carbons (Fsp3) is 0.391. The van der Waals surface area contributed by atoms with Crippen LogP contribution in [0.5, 0.6) is 0 Å². The summed E-state index contributed by atoms with van der Waals surface area (Å²) in [5.41, 5.74) is 3.10. The highest BCUT2D eigenvalue weighted by Crippen LogP contribution is 2.32. The molecule has 1 aliphatic rings. The van der Waals surface area contributed by atoms with Gasteiger partial charge < -0.3 is 14.7 Å². The number of amides is 1. The molecule has 3 aromatic rings. The van der Waals surface area contributed by atoms with Crippen LogP contribution in [0.3, 0.4) is 0 Å². The third-order valence-corrected chi connectivity index (χ3v) is 7.43. The number of halogens is 2. The second kappa shape index (κ2) is 9.33. The minimum absolute atomic E-state index is 0.0468. The van der Waals surface area contributed by atoms with Crippen LogP contribution in [0.2, 0.25) is 0 Å². The van der Waals surface area contributed by atoms with E-state index in [1.54, 1.807) is 28.4 Å². The average Bonchev–Trinajstić information content (AvgIpc) is 3.26. The third-order valence-electron chi connectivity index (χ3n) is 5.74. The first-order chi connectivity index (χ1) is 15.2. The van der Waals surface area contributed by atoms with E-state index in [0.29, 0.717) is 31.5 Å². The quantitative estimate of drug-likeness (QED) is 0.420. The molecule has 1 aromatic heterocycles. The molecule has 1 amide bonds. The number of hydrogen-bond donors (Lipinski definition) is 2. The Hall–Kier alpha value is -2.23. The number of nitrogens with one attached hydrogen (secondary N) is 1. The Balaban J connectivity index is 1.31. The number of rotatable bonds is 7. The average molecular weight is 478 g/mol. The lowest BCUT2D eigenvalue weighted by molar-refractivity contribution is -0.0570. The number of para-hydroxylation sites is 1. The monoisotopic (exact) mass is 477 g/mol. The summed E-state index contributed by atoms with van der Waals surface area (Å²) in [6.07, 6.45) is 0.326. The summed E-state index contributed by atoms with van der Waals surface area (Å²) in [5, 5.41) is 10.6. The maximum atomic E-state index is 13.1. The molecule has 1 saturated heterocycles. The molecule has 0 atom stereocenters. The summed E-state index contributed by atoms with van der Waals surface area (Å²) in [6, 6.07) is 13.3. The number of piperidine rings is 1. The van der Waals surface area contributed by atoms with Crippen LogP contribution >= 0.6 is 23.3 Å². The lowest BCUT2D eigenvalue weighted by atomic mass is 9.86. The standard InChI is InChI=1S/C23H25F2N3O2S2/c1-22(24,25)9-10-23(30)11-13-28(14-12-23)21(29)16-5-7-17(8-6-16)27-32-19-4-2-3-18-20(19)26-15-31-18/h2-8,15,27,30H,9-14H2,1H3. The van der Waals surface area contributed by atoms with Crippen molar-refractivity contribution in [3.8, 4) is 0 Å². The van der Waals surface area contributed by atoms with Gasteiger partial charge in [-0.15, -0.1) is 11.3 Å². The lowest BCUT2D eigenvalue weighted by Crippen LogP contribution is -2.47. The third kappa shape index (κ3) is 5.57. The molecule has 4 rings (SSSR count). The second-order valence-corrected chi connectivity index (χ2v) is 10.1. The Labute approximate surface area is 194 Å². The van der Waals surface area contributed by atoms with Crippen molar-refractivity contribution in [3.05, 3.63) is 53.5 Å². The van der Waals surface area contributed by atoms with Gasteiger partial charge in [-0.1, -0.05) is 6.07 Å². The molecule has 1 aliphatic heterocycles. The van der Waals surface area contributed by atoms with E-state index in [0.717, 1.165) is 27.7 Å². The molecule has 2 N–H and O–H groups in total. The van der Waals surface area contributed by atoms with Gasteiger partial charge in [-0.05, 0) is 74.5 Å². The van der Waals surface area contributed by atoms with Crippen LogP contribution in [0.25, 0.3) is 10.2 Å². The number of alkyl halides is 2. The van der Waals surface area contributed by atoms with E-state index in [9.17, 15) is 18.7 Å². The van der Waals surface area contributed by atoms with Crippen molar-refractivity contribution in [3.63, 3.8) is 0 Å². The first kappa shape index (κ1) is 22.9. The predicted molar refractivity (Wildman–Crippen MR) is 125 cm³/mol. The van der Waals surface area contributed by atoms with Crippen molar-refractivity contribution < 1.29 is 18.7 Å². The van der Waals surface area contributed by atoms with Crippen LogP contribution in [0.15, 0.2) is 52.9 Å². The minimum atomic E-state index is -2.79. The number of nitrogens with zero attached hydrogens (tertiary/aromatic N) is 2. The molecule has 0 spiro atoms. The number of anilines is 1. The number of aromatic nitrogens is 1. The van der Waals surface area contributed by atoms with Crippen LogP contribution in [-0.4, -0.2) is 45.5 Å². The van der Waals surface area contributed by atoms with Crippen molar-refractivity contribution in [2.45, 2.75) is 49.0 Å². The Morgan fingerprint density at radius 2 is 1.97 bits per heavy atom. The van der Waals surface area contributed by atoms with E-state index in [2.05, 4.69) is 9.71 Å². The molecule has 2 heterocycles. The first-order valence-electron chi connectivity index (χ1n) is 10.5. The Kier molecular flexibility index (Phi) is 6.69. The first-order valence-corrected chi connectivity index (χ1v) is 12.2. The molecular formula is C23H25F2N3O2S2.